The van der Waals surface area contributed by atoms with Gasteiger partial charge in [0.1, 0.15) is 6.61 Å². The van der Waals surface area contributed by atoms with Gasteiger partial charge in [0.05, 0.1) is 12.6 Å². The minimum atomic E-state index is -0.501. The predicted molar refractivity (Wildman–Crippen MR) is 114 cm³/mol. The van der Waals surface area contributed by atoms with Crippen LogP contribution in [0.3, 0.4) is 0 Å². The molecule has 148 valence electrons. The van der Waals surface area contributed by atoms with Crippen LogP contribution >= 0.6 is 0 Å². The predicted octanol–water partition coefficient (Wildman–Crippen LogP) is 4.44. The van der Waals surface area contributed by atoms with Gasteiger partial charge in [0.25, 0.3) is 0 Å². The average molecular weight is 387 g/mol. The lowest BCUT2D eigenvalue weighted by Gasteiger charge is -2.18. The van der Waals surface area contributed by atoms with Crippen molar-refractivity contribution in [1.29, 1.82) is 0 Å². The van der Waals surface area contributed by atoms with E-state index >= 15 is 0 Å². The van der Waals surface area contributed by atoms with Crippen LogP contribution in [0.15, 0.2) is 72.8 Å². The van der Waals surface area contributed by atoms with E-state index in [-0.39, 0.29) is 25.2 Å². The molecule has 3 aromatic rings. The lowest BCUT2D eigenvalue weighted by Crippen LogP contribution is -2.39. The summed E-state index contributed by atoms with van der Waals surface area (Å²) in [5.74, 6) is 0.0255. The number of ether oxygens (including phenoxy) is 1. The van der Waals surface area contributed by atoms with E-state index in [1.807, 2.05) is 49.4 Å². The van der Waals surface area contributed by atoms with E-state index in [1.165, 1.54) is 22.3 Å². The number of nitrogens with one attached hydrogen (secondary N) is 1. The molecule has 0 saturated heterocycles. The lowest BCUT2D eigenvalue weighted by atomic mass is 9.98. The molecule has 0 saturated carbocycles. The van der Waals surface area contributed by atoms with Gasteiger partial charge in [0, 0.05) is 5.92 Å². The molecule has 0 aromatic heterocycles. The first kappa shape index (κ1) is 19.2. The number of aliphatic hydroxyl groups is 1. The Morgan fingerprint density at radius 3 is 2.28 bits per heavy atom. The Kier molecular flexibility index (Phi) is 5.63. The summed E-state index contributed by atoms with van der Waals surface area (Å²) >= 11 is 0. The van der Waals surface area contributed by atoms with Crippen LogP contribution < -0.4 is 5.32 Å². The Morgan fingerprint density at radius 1 is 1.00 bits per heavy atom. The number of fused-ring (bicyclic) bond motifs is 3. The topological polar surface area (TPSA) is 58.6 Å². The molecule has 0 heterocycles. The molecule has 0 aliphatic heterocycles. The molecule has 1 atom stereocenters. The SMILES string of the molecule is Cc1cccc(CC(CO)NC(=O)OCC2c3ccccc3-c3ccccc32)c1. The smallest absolute Gasteiger partial charge is 0.407 e. The highest BCUT2D eigenvalue weighted by atomic mass is 16.5. The van der Waals surface area contributed by atoms with Crippen molar-refractivity contribution >= 4 is 6.09 Å². The Bertz CT molecular complexity index is 969. The molecule has 3 aromatic carbocycles. The van der Waals surface area contributed by atoms with Crippen LogP contribution in [-0.2, 0) is 11.2 Å². The second-order valence-electron chi connectivity index (χ2n) is 7.54. The molecule has 29 heavy (non-hydrogen) atoms. The second kappa shape index (κ2) is 8.50. The highest BCUT2D eigenvalue weighted by Crippen LogP contribution is 2.44. The van der Waals surface area contributed by atoms with Crippen molar-refractivity contribution in [2.24, 2.45) is 0 Å². The number of benzene rings is 3. The summed E-state index contributed by atoms with van der Waals surface area (Å²) in [4.78, 5) is 12.4. The number of carbonyl (C=O) groups excluding carboxylic acids is 1. The zero-order valence-corrected chi connectivity index (χ0v) is 16.5. The highest BCUT2D eigenvalue weighted by molar-refractivity contribution is 5.79. The molecule has 4 heteroatoms. The molecule has 1 aliphatic rings. The van der Waals surface area contributed by atoms with Crippen LogP contribution in [0.2, 0.25) is 0 Å². The number of aliphatic hydroxyl groups excluding tert-OH is 1. The number of hydrogen-bond donors (Lipinski definition) is 2. The van der Waals surface area contributed by atoms with Crippen molar-refractivity contribution in [3.63, 3.8) is 0 Å². The molecule has 0 fully saturated rings. The normalized spacial score (nSPS) is 13.4. The summed E-state index contributed by atoms with van der Waals surface area (Å²) in [5.41, 5.74) is 6.98. The van der Waals surface area contributed by atoms with E-state index in [9.17, 15) is 9.90 Å². The van der Waals surface area contributed by atoms with Crippen molar-refractivity contribution in [3.05, 3.63) is 95.1 Å². The number of rotatable bonds is 6. The first-order valence-corrected chi connectivity index (χ1v) is 9.93. The van der Waals surface area contributed by atoms with Crippen LogP contribution in [0.5, 0.6) is 0 Å². The maximum absolute atomic E-state index is 12.4. The van der Waals surface area contributed by atoms with Crippen LogP contribution in [0, 0.1) is 6.92 Å². The van der Waals surface area contributed by atoms with Gasteiger partial charge in [-0.05, 0) is 41.2 Å². The van der Waals surface area contributed by atoms with Gasteiger partial charge in [-0.1, -0.05) is 78.4 Å². The molecule has 2 N–H and O–H groups in total. The molecule has 4 nitrogen and oxygen atoms in total. The zero-order chi connectivity index (χ0) is 20.2. The quantitative estimate of drug-likeness (QED) is 0.658. The van der Waals surface area contributed by atoms with Gasteiger partial charge >= 0.3 is 6.09 Å². The fourth-order valence-corrected chi connectivity index (χ4v) is 4.09. The van der Waals surface area contributed by atoms with Gasteiger partial charge in [0.2, 0.25) is 0 Å². The molecule has 0 radical (unpaired) electrons. The van der Waals surface area contributed by atoms with Crippen LogP contribution in [0.4, 0.5) is 4.79 Å². The average Bonchev–Trinajstić information content (AvgIpc) is 3.06. The fourth-order valence-electron chi connectivity index (χ4n) is 4.09. The van der Waals surface area contributed by atoms with Crippen LogP contribution in [-0.4, -0.2) is 30.5 Å². The van der Waals surface area contributed by atoms with Crippen molar-refractivity contribution < 1.29 is 14.6 Å². The largest absolute Gasteiger partial charge is 0.449 e. The maximum atomic E-state index is 12.4. The van der Waals surface area contributed by atoms with Gasteiger partial charge in [-0.3, -0.25) is 0 Å². The van der Waals surface area contributed by atoms with Gasteiger partial charge in [0.15, 0.2) is 0 Å². The molecule has 0 bridgehead atoms. The second-order valence-corrected chi connectivity index (χ2v) is 7.54. The van der Waals surface area contributed by atoms with E-state index in [4.69, 9.17) is 4.74 Å². The third kappa shape index (κ3) is 4.17. The Morgan fingerprint density at radius 2 is 1.66 bits per heavy atom. The monoisotopic (exact) mass is 387 g/mol. The van der Waals surface area contributed by atoms with Gasteiger partial charge < -0.3 is 15.2 Å². The highest BCUT2D eigenvalue weighted by Gasteiger charge is 2.29. The molecule has 4 rings (SSSR count). The number of amides is 1. The van der Waals surface area contributed by atoms with Gasteiger partial charge in [-0.2, -0.15) is 0 Å². The van der Waals surface area contributed by atoms with Crippen molar-refractivity contribution in [2.45, 2.75) is 25.3 Å². The zero-order valence-electron chi connectivity index (χ0n) is 16.5. The van der Waals surface area contributed by atoms with E-state index < -0.39 is 6.09 Å². The summed E-state index contributed by atoms with van der Waals surface area (Å²) < 4.78 is 5.57. The number of hydrogen-bond acceptors (Lipinski definition) is 3. The van der Waals surface area contributed by atoms with Crippen LogP contribution in [0.25, 0.3) is 11.1 Å². The fraction of sp³-hybridized carbons (Fsp3) is 0.240. The maximum Gasteiger partial charge on any atom is 0.407 e. The standard InChI is InChI=1S/C25H25NO3/c1-17-7-6-8-18(13-17)14-19(15-27)26-25(28)29-16-24-22-11-4-2-9-20(22)21-10-3-5-12-23(21)24/h2-13,19,24,27H,14-16H2,1H3,(H,26,28). The van der Waals surface area contributed by atoms with Gasteiger partial charge in [-0.15, -0.1) is 0 Å². The number of aryl methyl sites for hydroxylation is 1. The van der Waals surface area contributed by atoms with Crippen molar-refractivity contribution in [3.8, 4) is 11.1 Å². The molecule has 1 amide bonds. The summed E-state index contributed by atoms with van der Waals surface area (Å²) in [5, 5.41) is 12.5. The van der Waals surface area contributed by atoms with Crippen molar-refractivity contribution in [1.82, 2.24) is 5.32 Å². The molecule has 0 spiro atoms. The first-order chi connectivity index (χ1) is 14.2. The van der Waals surface area contributed by atoms with Crippen molar-refractivity contribution in [2.75, 3.05) is 13.2 Å². The summed E-state index contributed by atoms with van der Waals surface area (Å²) in [6, 6.07) is 24.2. The van der Waals surface area contributed by atoms with E-state index in [0.29, 0.717) is 6.42 Å². The lowest BCUT2D eigenvalue weighted by molar-refractivity contribution is 0.132. The third-order valence-corrected chi connectivity index (χ3v) is 5.45. The minimum absolute atomic E-state index is 0.0255. The molecular formula is C25H25NO3. The molecule has 1 unspecified atom stereocenters. The van der Waals surface area contributed by atoms with E-state index in [2.05, 4.69) is 35.6 Å². The third-order valence-electron chi connectivity index (χ3n) is 5.45. The van der Waals surface area contributed by atoms with Crippen LogP contribution in [0.1, 0.15) is 28.2 Å². The summed E-state index contributed by atoms with van der Waals surface area (Å²) in [6.07, 6.45) is 0.0566. The first-order valence-electron chi connectivity index (χ1n) is 9.93. The van der Waals surface area contributed by atoms with Gasteiger partial charge in [-0.25, -0.2) is 4.79 Å². The van der Waals surface area contributed by atoms with E-state index in [1.54, 1.807) is 0 Å². The Hall–Kier alpha value is -3.11. The van der Waals surface area contributed by atoms with E-state index in [0.717, 1.165) is 11.1 Å². The summed E-state index contributed by atoms with van der Waals surface area (Å²) in [7, 11) is 0. The molecule has 1 aliphatic carbocycles. The summed E-state index contributed by atoms with van der Waals surface area (Å²) in [6.45, 7) is 2.15. The molecular weight excluding hydrogens is 362 g/mol. The Labute approximate surface area is 171 Å². The minimum Gasteiger partial charge on any atom is -0.449 e. The number of alkyl carbamates (subject to hydrolysis) is 1. The Balaban J connectivity index is 1.40. The number of carbonyl (C=O) groups is 1.